The monoisotopic (exact) mass is 641 g/mol. The van der Waals surface area contributed by atoms with Crippen molar-refractivity contribution in [2.45, 2.75) is 62.3 Å². The zero-order chi connectivity index (χ0) is 25.1. The summed E-state index contributed by atoms with van der Waals surface area (Å²) in [6.07, 6.45) is 1.33. The number of aromatic nitrogens is 1. The summed E-state index contributed by atoms with van der Waals surface area (Å²) in [5.74, 6) is -0.115. The number of rotatable bonds is 2. The van der Waals surface area contributed by atoms with Gasteiger partial charge in [-0.25, -0.2) is 4.39 Å². The summed E-state index contributed by atoms with van der Waals surface area (Å²) in [7, 11) is 0. The van der Waals surface area contributed by atoms with Gasteiger partial charge in [0, 0.05) is 42.4 Å². The van der Waals surface area contributed by atoms with E-state index in [0.29, 0.717) is 10.9 Å². The van der Waals surface area contributed by atoms with E-state index in [1.54, 1.807) is 6.07 Å². The number of hydrogen-bond acceptors (Lipinski definition) is 3. The number of benzene rings is 2. The quantitative estimate of drug-likeness (QED) is 0.176. The molecule has 185 valence electrons. The van der Waals surface area contributed by atoms with Crippen LogP contribution in [0.5, 0.6) is 0 Å². The molecule has 0 amide bonds. The zero-order valence-electron chi connectivity index (χ0n) is 21.6. The molecule has 0 aliphatic carbocycles. The normalized spacial score (nSPS) is 12.0. The number of fused-ring (bicyclic) bond motifs is 1. The Balaban J connectivity index is 0.000000364. The van der Waals surface area contributed by atoms with E-state index in [1.807, 2.05) is 73.6 Å². The van der Waals surface area contributed by atoms with Gasteiger partial charge < -0.3 is 5.11 Å². The maximum atomic E-state index is 13.9. The Hall–Kier alpha value is -2.36. The largest absolute Gasteiger partial charge is 0.512 e. The number of aliphatic hydroxyl groups is 1. The van der Waals surface area contributed by atoms with Crippen LogP contribution in [-0.2, 0) is 24.9 Å². The maximum absolute atomic E-state index is 13.9. The average molecular weight is 641 g/mol. The first-order chi connectivity index (χ1) is 15.1. The van der Waals surface area contributed by atoms with Gasteiger partial charge in [-0.05, 0) is 30.3 Å². The van der Waals surface area contributed by atoms with Gasteiger partial charge in [-0.15, -0.1) is 34.9 Å². The van der Waals surface area contributed by atoms with E-state index in [-0.39, 0.29) is 42.9 Å². The van der Waals surface area contributed by atoms with Gasteiger partial charge in [-0.1, -0.05) is 67.5 Å². The summed E-state index contributed by atoms with van der Waals surface area (Å²) in [5.41, 5.74) is 4.84. The number of carbonyl (C=O) groups is 1. The van der Waals surface area contributed by atoms with Crippen LogP contribution < -0.4 is 0 Å². The van der Waals surface area contributed by atoms with Crippen LogP contribution in [0.1, 0.15) is 58.2 Å². The number of allylic oxidation sites excluding steroid dienone is 2. The molecule has 0 aliphatic heterocycles. The van der Waals surface area contributed by atoms with Crippen molar-refractivity contribution in [3.63, 3.8) is 0 Å². The summed E-state index contributed by atoms with van der Waals surface area (Å²) >= 11 is 0. The molecule has 0 unspecified atom stereocenters. The van der Waals surface area contributed by atoms with E-state index in [9.17, 15) is 14.3 Å². The molecule has 0 atom stereocenters. The van der Waals surface area contributed by atoms with Crippen molar-refractivity contribution >= 4 is 16.7 Å². The predicted octanol–water partition coefficient (Wildman–Crippen LogP) is 7.85. The second kappa shape index (κ2) is 11.4. The third-order valence-corrected chi connectivity index (χ3v) is 5.10. The van der Waals surface area contributed by atoms with Gasteiger partial charge in [0.25, 0.3) is 0 Å². The van der Waals surface area contributed by atoms with Crippen molar-refractivity contribution in [2.75, 3.05) is 0 Å². The molecule has 0 aliphatic rings. The third-order valence-electron chi connectivity index (χ3n) is 5.10. The minimum absolute atomic E-state index is 0. The minimum Gasteiger partial charge on any atom is -0.512 e. The van der Waals surface area contributed by atoms with E-state index in [2.05, 4.69) is 24.0 Å². The number of halogens is 1. The Kier molecular flexibility index (Phi) is 9.93. The molecule has 0 bridgehead atoms. The Bertz CT molecular complexity index is 1180. The van der Waals surface area contributed by atoms with Crippen LogP contribution in [0.25, 0.3) is 22.2 Å². The number of hydrogen-bond donors (Lipinski definition) is 1. The zero-order valence-corrected chi connectivity index (χ0v) is 24.0. The van der Waals surface area contributed by atoms with Crippen LogP contribution in [0.15, 0.2) is 48.2 Å². The van der Waals surface area contributed by atoms with Crippen molar-refractivity contribution in [2.24, 2.45) is 10.8 Å². The molecular formula is C29H35FIrNO2-. The molecule has 3 rings (SSSR count). The summed E-state index contributed by atoms with van der Waals surface area (Å²) in [6.45, 7) is 17.1. The van der Waals surface area contributed by atoms with Crippen LogP contribution in [-0.4, -0.2) is 15.9 Å². The molecule has 5 heteroatoms. The van der Waals surface area contributed by atoms with Gasteiger partial charge >= 0.3 is 0 Å². The molecule has 1 aromatic heterocycles. The minimum atomic E-state index is -0.417. The molecule has 1 radical (unpaired) electrons. The van der Waals surface area contributed by atoms with E-state index < -0.39 is 5.41 Å². The fourth-order valence-electron chi connectivity index (χ4n) is 3.06. The molecule has 0 fully saturated rings. The van der Waals surface area contributed by atoms with E-state index in [1.165, 1.54) is 17.7 Å². The van der Waals surface area contributed by atoms with Gasteiger partial charge in [0.1, 0.15) is 11.6 Å². The fraction of sp³-hybridized carbons (Fsp3) is 0.379. The Morgan fingerprint density at radius 2 is 1.53 bits per heavy atom. The first kappa shape index (κ1) is 29.7. The average Bonchev–Trinajstić information content (AvgIpc) is 2.65. The SMILES string of the molecule is CC(C)(C)C(=O)/C=C(\O)C(C)(C)C.Cc1[c-]c(-c2ccc3c(F)cc(C)cc3n2)cc(C)c1.[Ir]. The summed E-state index contributed by atoms with van der Waals surface area (Å²) in [5, 5.41) is 10.1. The molecule has 3 aromatic rings. The number of aryl methyl sites for hydroxylation is 3. The van der Waals surface area contributed by atoms with E-state index in [0.717, 1.165) is 22.4 Å². The van der Waals surface area contributed by atoms with Gasteiger partial charge in [-0.2, -0.15) is 0 Å². The number of carbonyl (C=O) groups excluding carboxylic acids is 1. The standard InChI is InChI=1S/C18H15FN.C11H20O2.Ir/c1-11-6-12(2)8-14(7-11)17-5-4-15-16(19)9-13(3)10-18(15)20-17;1-10(2,3)8(12)7-9(13)11(4,5)6;/h4-7,9-10H,1-3H3;7,12H,1-6H3;/q-1;;/b;8-7-;. The first-order valence-electron chi connectivity index (χ1n) is 11.1. The predicted molar refractivity (Wildman–Crippen MR) is 135 cm³/mol. The van der Waals surface area contributed by atoms with Crippen LogP contribution >= 0.6 is 0 Å². The van der Waals surface area contributed by atoms with Crippen molar-refractivity contribution < 1.29 is 34.4 Å². The molecule has 0 saturated heterocycles. The molecule has 2 aromatic carbocycles. The van der Waals surface area contributed by atoms with Crippen LogP contribution in [0.3, 0.4) is 0 Å². The molecule has 0 spiro atoms. The maximum Gasteiger partial charge on any atom is 0.164 e. The molecule has 0 saturated carbocycles. The number of ketones is 1. The molecule has 1 heterocycles. The smallest absolute Gasteiger partial charge is 0.164 e. The van der Waals surface area contributed by atoms with Gasteiger partial charge in [0.2, 0.25) is 0 Å². The van der Waals surface area contributed by atoms with E-state index >= 15 is 0 Å². The van der Waals surface area contributed by atoms with Crippen molar-refractivity contribution in [1.82, 2.24) is 4.98 Å². The molecule has 34 heavy (non-hydrogen) atoms. The number of pyridine rings is 1. The second-order valence-corrected chi connectivity index (χ2v) is 10.7. The van der Waals surface area contributed by atoms with Crippen LogP contribution in [0, 0.1) is 43.5 Å². The first-order valence-corrected chi connectivity index (χ1v) is 11.1. The van der Waals surface area contributed by atoms with Crippen molar-refractivity contribution in [3.8, 4) is 11.3 Å². The van der Waals surface area contributed by atoms with E-state index in [4.69, 9.17) is 0 Å². The fourth-order valence-corrected chi connectivity index (χ4v) is 3.06. The van der Waals surface area contributed by atoms with Gasteiger partial charge in [0.05, 0.1) is 5.52 Å². The Morgan fingerprint density at radius 3 is 2.06 bits per heavy atom. The summed E-state index contributed by atoms with van der Waals surface area (Å²) < 4.78 is 13.9. The molecule has 1 N–H and O–H groups in total. The van der Waals surface area contributed by atoms with Crippen LogP contribution in [0.4, 0.5) is 4.39 Å². The molecule has 3 nitrogen and oxygen atoms in total. The number of nitrogens with zero attached hydrogens (tertiary/aromatic N) is 1. The number of aliphatic hydroxyl groups excluding tert-OH is 1. The van der Waals surface area contributed by atoms with Gasteiger partial charge in [-0.3, -0.25) is 9.78 Å². The topological polar surface area (TPSA) is 50.2 Å². The third kappa shape index (κ3) is 8.14. The van der Waals surface area contributed by atoms with Crippen molar-refractivity contribution in [3.05, 3.63) is 76.8 Å². The van der Waals surface area contributed by atoms with Gasteiger partial charge in [0.15, 0.2) is 5.78 Å². The second-order valence-electron chi connectivity index (χ2n) is 10.7. The summed E-state index contributed by atoms with van der Waals surface area (Å²) in [6, 6.07) is 14.5. The summed E-state index contributed by atoms with van der Waals surface area (Å²) in [4.78, 5) is 16.1. The van der Waals surface area contributed by atoms with Crippen LogP contribution in [0.2, 0.25) is 0 Å². The van der Waals surface area contributed by atoms with Crippen molar-refractivity contribution in [1.29, 1.82) is 0 Å². The molecular weight excluding hydrogens is 606 g/mol. The Labute approximate surface area is 216 Å². The Morgan fingerprint density at radius 1 is 0.941 bits per heavy atom.